The molecule has 70 valence electrons. The molecule has 1 amide bonds. The lowest BCUT2D eigenvalue weighted by Gasteiger charge is -2.15. The predicted molar refractivity (Wildman–Crippen MR) is 50.4 cm³/mol. The summed E-state index contributed by atoms with van der Waals surface area (Å²) >= 11 is 3.99. The number of carbonyl (C=O) groups is 1. The van der Waals surface area contributed by atoms with Gasteiger partial charge in [-0.25, -0.2) is 0 Å². The molecule has 2 unspecified atom stereocenters. The summed E-state index contributed by atoms with van der Waals surface area (Å²) in [4.78, 5) is 11.1. The number of amides is 1. The summed E-state index contributed by atoms with van der Waals surface area (Å²) < 4.78 is 5.31. The topological polar surface area (TPSA) is 38.3 Å². The van der Waals surface area contributed by atoms with Crippen molar-refractivity contribution in [2.75, 3.05) is 12.4 Å². The Morgan fingerprint density at radius 3 is 3.00 bits per heavy atom. The monoisotopic (exact) mass is 189 g/mol. The van der Waals surface area contributed by atoms with E-state index in [1.807, 2.05) is 6.92 Å². The van der Waals surface area contributed by atoms with Crippen LogP contribution in [0.2, 0.25) is 0 Å². The third-order valence-electron chi connectivity index (χ3n) is 2.06. The molecule has 0 aromatic heterocycles. The summed E-state index contributed by atoms with van der Waals surface area (Å²) in [5.74, 6) is 0.681. The minimum absolute atomic E-state index is 0.0763. The van der Waals surface area contributed by atoms with Crippen molar-refractivity contribution < 1.29 is 9.53 Å². The minimum atomic E-state index is 0.0763. The van der Waals surface area contributed by atoms with E-state index >= 15 is 0 Å². The van der Waals surface area contributed by atoms with Gasteiger partial charge < -0.3 is 10.1 Å². The van der Waals surface area contributed by atoms with Crippen LogP contribution in [-0.2, 0) is 9.53 Å². The maximum absolute atomic E-state index is 11.1. The van der Waals surface area contributed by atoms with Crippen molar-refractivity contribution >= 4 is 18.5 Å². The van der Waals surface area contributed by atoms with Gasteiger partial charge in [-0.3, -0.25) is 4.79 Å². The molecule has 0 spiro atoms. The quantitative estimate of drug-likeness (QED) is 0.638. The molecule has 12 heavy (non-hydrogen) atoms. The van der Waals surface area contributed by atoms with Crippen LogP contribution in [0.25, 0.3) is 0 Å². The van der Waals surface area contributed by atoms with Gasteiger partial charge in [-0.15, -0.1) is 0 Å². The zero-order valence-electron chi connectivity index (χ0n) is 7.25. The van der Waals surface area contributed by atoms with Crippen LogP contribution in [0.4, 0.5) is 0 Å². The lowest BCUT2D eigenvalue weighted by atomic mass is 10.1. The van der Waals surface area contributed by atoms with E-state index in [-0.39, 0.29) is 18.1 Å². The second kappa shape index (κ2) is 4.72. The fourth-order valence-corrected chi connectivity index (χ4v) is 1.50. The first kappa shape index (κ1) is 9.86. The van der Waals surface area contributed by atoms with Crippen LogP contribution in [0.15, 0.2) is 0 Å². The fraction of sp³-hybridized carbons (Fsp3) is 0.875. The molecule has 3 nitrogen and oxygen atoms in total. The standard InChI is InChI=1S/C8H15NO2S/c1-6-7(2-4-11-6)9-8(10)3-5-12/h6-7,12H,2-5H2,1H3,(H,9,10). The van der Waals surface area contributed by atoms with E-state index in [1.165, 1.54) is 0 Å². The molecule has 1 N–H and O–H groups in total. The van der Waals surface area contributed by atoms with Gasteiger partial charge in [-0.1, -0.05) is 0 Å². The number of rotatable bonds is 3. The number of thiol groups is 1. The predicted octanol–water partition coefficient (Wildman–Crippen LogP) is 0.600. The van der Waals surface area contributed by atoms with Crippen molar-refractivity contribution in [1.82, 2.24) is 5.32 Å². The van der Waals surface area contributed by atoms with Gasteiger partial charge in [-0.05, 0) is 19.1 Å². The molecule has 1 saturated heterocycles. The van der Waals surface area contributed by atoms with Gasteiger partial charge >= 0.3 is 0 Å². The third-order valence-corrected chi connectivity index (χ3v) is 2.29. The number of hydrogen-bond donors (Lipinski definition) is 2. The Labute approximate surface area is 78.3 Å². The van der Waals surface area contributed by atoms with Gasteiger partial charge in [0.2, 0.25) is 5.91 Å². The summed E-state index contributed by atoms with van der Waals surface area (Å²) in [5.41, 5.74) is 0. The van der Waals surface area contributed by atoms with Gasteiger partial charge in [0.1, 0.15) is 0 Å². The Morgan fingerprint density at radius 1 is 1.75 bits per heavy atom. The van der Waals surface area contributed by atoms with Crippen molar-refractivity contribution in [3.63, 3.8) is 0 Å². The molecule has 4 heteroatoms. The third kappa shape index (κ3) is 2.68. The molecule has 0 radical (unpaired) electrons. The highest BCUT2D eigenvalue weighted by Gasteiger charge is 2.24. The molecular weight excluding hydrogens is 174 g/mol. The van der Waals surface area contributed by atoms with Gasteiger partial charge in [-0.2, -0.15) is 12.6 Å². The van der Waals surface area contributed by atoms with Crippen molar-refractivity contribution in [3.05, 3.63) is 0 Å². The van der Waals surface area contributed by atoms with Gasteiger partial charge in [0, 0.05) is 13.0 Å². The Bertz CT molecular complexity index is 163. The first-order valence-electron chi connectivity index (χ1n) is 4.26. The van der Waals surface area contributed by atoms with E-state index in [4.69, 9.17) is 4.74 Å². The van der Waals surface area contributed by atoms with Crippen molar-refractivity contribution in [2.24, 2.45) is 0 Å². The van der Waals surface area contributed by atoms with Crippen LogP contribution in [0.5, 0.6) is 0 Å². The molecular formula is C8H15NO2S. The van der Waals surface area contributed by atoms with E-state index in [0.717, 1.165) is 13.0 Å². The lowest BCUT2D eigenvalue weighted by Crippen LogP contribution is -2.39. The first-order valence-corrected chi connectivity index (χ1v) is 4.89. The SMILES string of the molecule is CC1OCCC1NC(=O)CCS. The molecule has 0 aliphatic carbocycles. The van der Waals surface area contributed by atoms with E-state index in [0.29, 0.717) is 12.2 Å². The summed E-state index contributed by atoms with van der Waals surface area (Å²) in [7, 11) is 0. The smallest absolute Gasteiger partial charge is 0.221 e. The van der Waals surface area contributed by atoms with Crippen LogP contribution in [-0.4, -0.2) is 30.4 Å². The van der Waals surface area contributed by atoms with E-state index in [2.05, 4.69) is 17.9 Å². The van der Waals surface area contributed by atoms with Crippen molar-refractivity contribution in [1.29, 1.82) is 0 Å². The van der Waals surface area contributed by atoms with Crippen LogP contribution in [0.1, 0.15) is 19.8 Å². The summed E-state index contributed by atoms with van der Waals surface area (Å²) in [6, 6.07) is 0.206. The highest BCUT2D eigenvalue weighted by Crippen LogP contribution is 2.12. The number of nitrogens with one attached hydrogen (secondary N) is 1. The number of carbonyl (C=O) groups excluding carboxylic acids is 1. The lowest BCUT2D eigenvalue weighted by molar-refractivity contribution is -0.121. The maximum Gasteiger partial charge on any atom is 0.221 e. The molecule has 0 saturated carbocycles. The molecule has 0 bridgehead atoms. The minimum Gasteiger partial charge on any atom is -0.376 e. The molecule has 1 rings (SSSR count). The zero-order chi connectivity index (χ0) is 8.97. The molecule has 1 heterocycles. The van der Waals surface area contributed by atoms with Gasteiger partial charge in [0.05, 0.1) is 12.1 Å². The van der Waals surface area contributed by atoms with Crippen LogP contribution in [0.3, 0.4) is 0 Å². The average Bonchev–Trinajstić information content (AvgIpc) is 2.37. The Hall–Kier alpha value is -0.220. The Kier molecular flexibility index (Phi) is 3.88. The van der Waals surface area contributed by atoms with Crippen LogP contribution >= 0.6 is 12.6 Å². The highest BCUT2D eigenvalue weighted by molar-refractivity contribution is 7.80. The molecule has 0 aromatic carbocycles. The fourth-order valence-electron chi connectivity index (χ4n) is 1.30. The van der Waals surface area contributed by atoms with Crippen molar-refractivity contribution in [3.8, 4) is 0 Å². The van der Waals surface area contributed by atoms with E-state index in [1.54, 1.807) is 0 Å². The maximum atomic E-state index is 11.1. The van der Waals surface area contributed by atoms with Crippen LogP contribution in [0, 0.1) is 0 Å². The number of hydrogen-bond acceptors (Lipinski definition) is 3. The summed E-state index contributed by atoms with van der Waals surface area (Å²) in [6.45, 7) is 2.74. The van der Waals surface area contributed by atoms with Gasteiger partial charge in [0.25, 0.3) is 0 Å². The van der Waals surface area contributed by atoms with Gasteiger partial charge in [0.15, 0.2) is 0 Å². The molecule has 1 aliphatic heterocycles. The molecule has 1 fully saturated rings. The second-order valence-electron chi connectivity index (χ2n) is 3.01. The number of ether oxygens (including phenoxy) is 1. The largest absolute Gasteiger partial charge is 0.376 e. The molecule has 1 aliphatic rings. The Morgan fingerprint density at radius 2 is 2.50 bits per heavy atom. The normalized spacial score (nSPS) is 28.8. The van der Waals surface area contributed by atoms with E-state index in [9.17, 15) is 4.79 Å². The average molecular weight is 189 g/mol. The summed E-state index contributed by atoms with van der Waals surface area (Å²) in [6.07, 6.45) is 1.58. The molecule has 2 atom stereocenters. The zero-order valence-corrected chi connectivity index (χ0v) is 8.14. The van der Waals surface area contributed by atoms with Crippen LogP contribution < -0.4 is 5.32 Å². The highest BCUT2D eigenvalue weighted by atomic mass is 32.1. The van der Waals surface area contributed by atoms with Crippen molar-refractivity contribution in [2.45, 2.75) is 31.9 Å². The first-order chi connectivity index (χ1) is 5.74. The summed E-state index contributed by atoms with van der Waals surface area (Å²) in [5, 5.41) is 2.92. The van der Waals surface area contributed by atoms with E-state index < -0.39 is 0 Å². The molecule has 0 aromatic rings. The second-order valence-corrected chi connectivity index (χ2v) is 3.46. The Balaban J connectivity index is 2.25.